The van der Waals surface area contributed by atoms with Gasteiger partial charge in [0, 0.05) is 18.9 Å². The number of nitrogens with zero attached hydrogens (tertiary/aromatic N) is 2. The van der Waals surface area contributed by atoms with Crippen molar-refractivity contribution in [3.8, 4) is 0 Å². The summed E-state index contributed by atoms with van der Waals surface area (Å²) in [5, 5.41) is 14.6. The van der Waals surface area contributed by atoms with Gasteiger partial charge in [-0.05, 0) is 19.9 Å². The molecule has 9 heteroatoms. The summed E-state index contributed by atoms with van der Waals surface area (Å²) in [5.41, 5.74) is -1.25. The summed E-state index contributed by atoms with van der Waals surface area (Å²) in [6.45, 7) is 2.47. The van der Waals surface area contributed by atoms with Crippen molar-refractivity contribution in [2.24, 2.45) is 5.41 Å². The number of carboxylic acid groups (broad SMARTS) is 1. The maximum Gasteiger partial charge on any atom is 0.411 e. The SMILES string of the molecule is CC(C)(CNC(=O)CC(n1cccn1)C(F)(F)F)C(=O)O. The Bertz CT molecular complexity index is 498. The minimum absolute atomic E-state index is 0.259. The van der Waals surface area contributed by atoms with Gasteiger partial charge in [-0.3, -0.25) is 14.3 Å². The molecule has 0 saturated carbocycles. The van der Waals surface area contributed by atoms with Crippen LogP contribution in [-0.4, -0.2) is 39.5 Å². The average molecular weight is 307 g/mol. The van der Waals surface area contributed by atoms with E-state index in [4.69, 9.17) is 5.11 Å². The molecule has 6 nitrogen and oxygen atoms in total. The third-order valence-corrected chi connectivity index (χ3v) is 2.91. The summed E-state index contributed by atoms with van der Waals surface area (Å²) in [5.74, 6) is -2.04. The van der Waals surface area contributed by atoms with Gasteiger partial charge < -0.3 is 10.4 Å². The van der Waals surface area contributed by atoms with Crippen molar-refractivity contribution in [2.45, 2.75) is 32.5 Å². The molecular weight excluding hydrogens is 291 g/mol. The maximum absolute atomic E-state index is 12.9. The zero-order valence-corrected chi connectivity index (χ0v) is 11.5. The van der Waals surface area contributed by atoms with Crippen molar-refractivity contribution in [1.82, 2.24) is 15.1 Å². The lowest BCUT2D eigenvalue weighted by Crippen LogP contribution is -2.41. The Kier molecular flexibility index (Phi) is 4.97. The lowest BCUT2D eigenvalue weighted by molar-refractivity contribution is -0.175. The molecule has 1 rings (SSSR count). The molecule has 0 aliphatic heterocycles. The second-order valence-corrected chi connectivity index (χ2v) is 5.21. The topological polar surface area (TPSA) is 84.2 Å². The van der Waals surface area contributed by atoms with Gasteiger partial charge in [-0.15, -0.1) is 0 Å². The first kappa shape index (κ1) is 17.0. The van der Waals surface area contributed by atoms with Gasteiger partial charge >= 0.3 is 12.1 Å². The minimum atomic E-state index is -4.63. The van der Waals surface area contributed by atoms with Crippen LogP contribution in [0.3, 0.4) is 0 Å². The Morgan fingerprint density at radius 2 is 2.00 bits per heavy atom. The maximum atomic E-state index is 12.9. The summed E-state index contributed by atoms with van der Waals surface area (Å²) < 4.78 is 39.4. The van der Waals surface area contributed by atoms with Gasteiger partial charge in [0.25, 0.3) is 0 Å². The van der Waals surface area contributed by atoms with Crippen molar-refractivity contribution < 1.29 is 27.9 Å². The lowest BCUT2D eigenvalue weighted by Gasteiger charge is -2.22. The monoisotopic (exact) mass is 307 g/mol. The molecule has 0 spiro atoms. The Balaban J connectivity index is 2.69. The zero-order chi connectivity index (χ0) is 16.3. The summed E-state index contributed by atoms with van der Waals surface area (Å²) in [6.07, 6.45) is -3.19. The average Bonchev–Trinajstić information content (AvgIpc) is 2.85. The van der Waals surface area contributed by atoms with Crippen LogP contribution in [0.5, 0.6) is 0 Å². The van der Waals surface area contributed by atoms with Crippen molar-refractivity contribution >= 4 is 11.9 Å². The van der Waals surface area contributed by atoms with Crippen LogP contribution in [0.15, 0.2) is 18.5 Å². The molecule has 0 radical (unpaired) electrons. The number of aliphatic carboxylic acids is 1. The van der Waals surface area contributed by atoms with Crippen LogP contribution in [0.4, 0.5) is 13.2 Å². The van der Waals surface area contributed by atoms with E-state index >= 15 is 0 Å². The second kappa shape index (κ2) is 6.15. The number of carbonyl (C=O) groups is 2. The van der Waals surface area contributed by atoms with Crippen LogP contribution < -0.4 is 5.32 Å². The van der Waals surface area contributed by atoms with E-state index in [1.807, 2.05) is 0 Å². The first-order valence-electron chi connectivity index (χ1n) is 6.10. The number of rotatable bonds is 6. The molecule has 1 heterocycles. The summed E-state index contributed by atoms with van der Waals surface area (Å²) in [6, 6.07) is -0.759. The normalized spacial score (nSPS) is 13.8. The second-order valence-electron chi connectivity index (χ2n) is 5.21. The Morgan fingerprint density at radius 1 is 1.38 bits per heavy atom. The highest BCUT2D eigenvalue weighted by Gasteiger charge is 2.43. The minimum Gasteiger partial charge on any atom is -0.481 e. The van der Waals surface area contributed by atoms with Gasteiger partial charge in [0.15, 0.2) is 6.04 Å². The number of carboxylic acids is 1. The molecule has 1 atom stereocenters. The molecule has 1 aromatic heterocycles. The molecule has 0 aromatic carbocycles. The van der Waals surface area contributed by atoms with Crippen LogP contribution in [0.2, 0.25) is 0 Å². The fourth-order valence-electron chi connectivity index (χ4n) is 1.47. The number of carbonyl (C=O) groups excluding carboxylic acids is 1. The number of hydrogen-bond acceptors (Lipinski definition) is 3. The first-order chi connectivity index (χ1) is 9.54. The predicted octanol–water partition coefficient (Wildman–Crippen LogP) is 1.60. The summed E-state index contributed by atoms with van der Waals surface area (Å²) in [4.78, 5) is 22.5. The molecule has 2 N–H and O–H groups in total. The van der Waals surface area contributed by atoms with Crippen LogP contribution >= 0.6 is 0 Å². The third kappa shape index (κ3) is 4.76. The van der Waals surface area contributed by atoms with E-state index in [0.29, 0.717) is 4.68 Å². The molecule has 0 bridgehead atoms. The third-order valence-electron chi connectivity index (χ3n) is 2.91. The molecule has 1 unspecified atom stereocenters. The van der Waals surface area contributed by atoms with Gasteiger partial charge in [0.1, 0.15) is 0 Å². The quantitative estimate of drug-likeness (QED) is 0.836. The van der Waals surface area contributed by atoms with Crippen LogP contribution in [0.1, 0.15) is 26.3 Å². The van der Waals surface area contributed by atoms with Crippen molar-refractivity contribution in [1.29, 1.82) is 0 Å². The van der Waals surface area contributed by atoms with E-state index < -0.39 is 35.9 Å². The van der Waals surface area contributed by atoms with E-state index in [0.717, 1.165) is 6.20 Å². The zero-order valence-electron chi connectivity index (χ0n) is 11.5. The molecular formula is C12H16F3N3O3. The number of nitrogens with one attached hydrogen (secondary N) is 1. The number of hydrogen-bond donors (Lipinski definition) is 2. The summed E-state index contributed by atoms with van der Waals surface area (Å²) in [7, 11) is 0. The molecule has 21 heavy (non-hydrogen) atoms. The Labute approximate surface area is 118 Å². The van der Waals surface area contributed by atoms with E-state index in [2.05, 4.69) is 10.4 Å². The fraction of sp³-hybridized carbons (Fsp3) is 0.583. The predicted molar refractivity (Wildman–Crippen MR) is 66.4 cm³/mol. The molecule has 0 saturated heterocycles. The first-order valence-corrected chi connectivity index (χ1v) is 6.10. The number of halogens is 3. The van der Waals surface area contributed by atoms with Gasteiger partial charge in [-0.1, -0.05) is 0 Å². The number of alkyl halides is 3. The van der Waals surface area contributed by atoms with E-state index in [-0.39, 0.29) is 6.54 Å². The largest absolute Gasteiger partial charge is 0.481 e. The van der Waals surface area contributed by atoms with E-state index in [9.17, 15) is 22.8 Å². The van der Waals surface area contributed by atoms with Crippen LogP contribution in [0, 0.1) is 5.41 Å². The van der Waals surface area contributed by atoms with E-state index in [1.165, 1.54) is 26.1 Å². The summed E-state index contributed by atoms with van der Waals surface area (Å²) >= 11 is 0. The highest BCUT2D eigenvalue weighted by Crippen LogP contribution is 2.32. The smallest absolute Gasteiger partial charge is 0.411 e. The molecule has 1 aromatic rings. The van der Waals surface area contributed by atoms with Crippen molar-refractivity contribution in [3.05, 3.63) is 18.5 Å². The highest BCUT2D eigenvalue weighted by molar-refractivity contribution is 5.78. The van der Waals surface area contributed by atoms with Gasteiger partial charge in [-0.25, -0.2) is 0 Å². The van der Waals surface area contributed by atoms with Gasteiger partial charge in [0.05, 0.1) is 11.8 Å². The molecule has 0 aliphatic rings. The van der Waals surface area contributed by atoms with Crippen LogP contribution in [-0.2, 0) is 9.59 Å². The Morgan fingerprint density at radius 3 is 2.43 bits per heavy atom. The van der Waals surface area contributed by atoms with E-state index in [1.54, 1.807) is 0 Å². The number of amides is 1. The van der Waals surface area contributed by atoms with Gasteiger partial charge in [-0.2, -0.15) is 18.3 Å². The van der Waals surface area contributed by atoms with Crippen molar-refractivity contribution in [2.75, 3.05) is 6.54 Å². The van der Waals surface area contributed by atoms with Crippen molar-refractivity contribution in [3.63, 3.8) is 0 Å². The molecule has 118 valence electrons. The highest BCUT2D eigenvalue weighted by atomic mass is 19.4. The molecule has 1 amide bonds. The molecule has 0 aliphatic carbocycles. The van der Waals surface area contributed by atoms with Gasteiger partial charge in [0.2, 0.25) is 5.91 Å². The van der Waals surface area contributed by atoms with Crippen LogP contribution in [0.25, 0.3) is 0 Å². The Hall–Kier alpha value is -2.06. The standard InChI is InChI=1S/C12H16F3N3O3/c1-11(2,10(20)21)7-16-9(19)6-8(12(13,14)15)18-5-3-4-17-18/h3-5,8H,6-7H2,1-2H3,(H,16,19)(H,20,21). The lowest BCUT2D eigenvalue weighted by atomic mass is 9.94. The number of aromatic nitrogens is 2. The fourth-order valence-corrected chi connectivity index (χ4v) is 1.47. The molecule has 0 fully saturated rings.